The van der Waals surface area contributed by atoms with Crippen LogP contribution in [0.3, 0.4) is 0 Å². The zero-order valence-electron chi connectivity index (χ0n) is 20.5. The lowest BCUT2D eigenvalue weighted by Crippen LogP contribution is -2.41. The molecule has 2 aliphatic rings. The molecule has 2 aromatic rings. The van der Waals surface area contributed by atoms with Crippen molar-refractivity contribution in [1.82, 2.24) is 15.3 Å². The number of nitrogens with one attached hydrogen (secondary N) is 1. The molecule has 2 N–H and O–H groups in total. The third kappa shape index (κ3) is 7.35. The summed E-state index contributed by atoms with van der Waals surface area (Å²) < 4.78 is 39.1. The van der Waals surface area contributed by atoms with Crippen molar-refractivity contribution in [3.8, 4) is 16.9 Å². The number of hydrogen-bond donors (Lipinski definition) is 2. The van der Waals surface area contributed by atoms with Crippen molar-refractivity contribution in [1.29, 1.82) is 0 Å². The maximum atomic E-state index is 13.9. The molecule has 8 nitrogen and oxygen atoms in total. The summed E-state index contributed by atoms with van der Waals surface area (Å²) in [4.78, 5) is 26.4. The molecule has 0 saturated carbocycles. The topological polar surface area (TPSA) is 91.3 Å². The van der Waals surface area contributed by atoms with Gasteiger partial charge in [0.15, 0.2) is 16.0 Å². The first-order valence-corrected chi connectivity index (χ1v) is 13.3. The van der Waals surface area contributed by atoms with Crippen LogP contribution in [0.5, 0.6) is 5.75 Å². The van der Waals surface area contributed by atoms with E-state index in [0.717, 1.165) is 37.0 Å². The van der Waals surface area contributed by atoms with Crippen LogP contribution in [-0.4, -0.2) is 77.2 Å². The van der Waals surface area contributed by atoms with Gasteiger partial charge in [0.2, 0.25) is 0 Å². The van der Waals surface area contributed by atoms with Gasteiger partial charge in [-0.15, -0.1) is 0 Å². The molecule has 0 spiro atoms. The smallest absolute Gasteiger partial charge is 0.303 e. The van der Waals surface area contributed by atoms with Crippen molar-refractivity contribution >= 4 is 46.3 Å². The van der Waals surface area contributed by atoms with Crippen molar-refractivity contribution in [2.75, 3.05) is 46.0 Å². The number of thiocarbonyl (C=S) groups is 1. The molecule has 0 bridgehead atoms. The molecule has 0 unspecified atom stereocenters. The number of amides is 1. The van der Waals surface area contributed by atoms with Gasteiger partial charge in [-0.3, -0.25) is 14.5 Å². The number of ether oxygens (including phenoxy) is 2. The third-order valence-electron chi connectivity index (χ3n) is 5.95. The predicted molar refractivity (Wildman–Crippen MR) is 144 cm³/mol. The van der Waals surface area contributed by atoms with E-state index in [1.165, 1.54) is 11.1 Å². The Morgan fingerprint density at radius 2 is 1.89 bits per heavy atom. The first-order valence-electron chi connectivity index (χ1n) is 12.1. The molecule has 0 aromatic heterocycles. The van der Waals surface area contributed by atoms with Gasteiger partial charge in [-0.05, 0) is 47.9 Å². The number of carbonyl (C=O) groups is 2. The van der Waals surface area contributed by atoms with E-state index in [1.54, 1.807) is 24.3 Å². The summed E-state index contributed by atoms with van der Waals surface area (Å²) in [5.74, 6) is -2.64. The Labute approximate surface area is 228 Å². The van der Waals surface area contributed by atoms with Gasteiger partial charge in [-0.2, -0.15) is 0 Å². The third-order valence-corrected chi connectivity index (χ3v) is 7.25. The van der Waals surface area contributed by atoms with Crippen molar-refractivity contribution in [2.45, 2.75) is 12.8 Å². The standard InChI is InChI=1S/C26H27F2N3O5S2/c27-20-5-3-18(15-21(20)28)17-4-6-22(36-13-10-30-8-11-35-12-9-30)19(14-17)16-23-25(34)31(26(37)38-23)29-7-1-2-24(32)33/h3-6,14-16,29H,1-2,7-13H2,(H,32,33)/b23-16-. The van der Waals surface area contributed by atoms with E-state index in [0.29, 0.717) is 64.5 Å². The maximum absolute atomic E-state index is 13.9. The number of rotatable bonds is 11. The van der Waals surface area contributed by atoms with Gasteiger partial charge in [0, 0.05) is 38.2 Å². The molecule has 2 saturated heterocycles. The number of benzene rings is 2. The summed E-state index contributed by atoms with van der Waals surface area (Å²) in [5, 5.41) is 10.0. The fraction of sp³-hybridized carbons (Fsp3) is 0.346. The molecule has 38 heavy (non-hydrogen) atoms. The van der Waals surface area contributed by atoms with Crippen LogP contribution in [-0.2, 0) is 14.3 Å². The summed E-state index contributed by atoms with van der Waals surface area (Å²) in [6.45, 7) is 4.41. The van der Waals surface area contributed by atoms with Crippen molar-refractivity contribution < 1.29 is 33.0 Å². The highest BCUT2D eigenvalue weighted by molar-refractivity contribution is 8.26. The Bertz CT molecular complexity index is 1240. The van der Waals surface area contributed by atoms with E-state index in [-0.39, 0.29) is 18.9 Å². The highest BCUT2D eigenvalue weighted by Crippen LogP contribution is 2.35. The van der Waals surface area contributed by atoms with E-state index < -0.39 is 17.6 Å². The molecule has 2 fully saturated rings. The Hall–Kier alpha value is -2.90. The number of nitrogens with zero attached hydrogens (tertiary/aromatic N) is 2. The summed E-state index contributed by atoms with van der Waals surface area (Å²) >= 11 is 6.45. The van der Waals surface area contributed by atoms with E-state index in [1.807, 2.05) is 0 Å². The van der Waals surface area contributed by atoms with Crippen molar-refractivity contribution in [3.63, 3.8) is 0 Å². The molecule has 4 rings (SSSR count). The van der Waals surface area contributed by atoms with Gasteiger partial charge in [-0.25, -0.2) is 19.2 Å². The van der Waals surface area contributed by atoms with Crippen LogP contribution in [0.2, 0.25) is 0 Å². The number of thioether (sulfide) groups is 1. The van der Waals surface area contributed by atoms with Crippen LogP contribution >= 0.6 is 24.0 Å². The molecule has 12 heteroatoms. The number of halogens is 2. The number of carbonyl (C=O) groups excluding carboxylic acids is 1. The lowest BCUT2D eigenvalue weighted by molar-refractivity contribution is -0.137. The molecule has 2 heterocycles. The molecule has 2 aliphatic heterocycles. The number of aliphatic carboxylic acids is 1. The second-order valence-corrected chi connectivity index (χ2v) is 10.3. The number of hydrogen-bond acceptors (Lipinski definition) is 8. The molecule has 0 aliphatic carbocycles. The second-order valence-electron chi connectivity index (χ2n) is 8.61. The lowest BCUT2D eigenvalue weighted by Gasteiger charge is -2.26. The van der Waals surface area contributed by atoms with Crippen molar-refractivity contribution in [3.05, 3.63) is 58.5 Å². The highest BCUT2D eigenvalue weighted by atomic mass is 32.2. The number of carboxylic acids is 1. The van der Waals surface area contributed by atoms with Crippen LogP contribution < -0.4 is 10.2 Å². The second kappa shape index (κ2) is 13.3. The van der Waals surface area contributed by atoms with Gasteiger partial charge in [0.25, 0.3) is 5.91 Å². The quantitative estimate of drug-likeness (QED) is 0.240. The van der Waals surface area contributed by atoms with Gasteiger partial charge in [0.1, 0.15) is 12.4 Å². The zero-order valence-corrected chi connectivity index (χ0v) is 22.1. The van der Waals surface area contributed by atoms with Crippen LogP contribution in [0.4, 0.5) is 8.78 Å². The molecule has 0 radical (unpaired) electrons. The van der Waals surface area contributed by atoms with E-state index in [9.17, 15) is 18.4 Å². The Balaban J connectivity index is 1.55. The number of carboxylic acid groups (broad SMARTS) is 1. The van der Waals surface area contributed by atoms with Crippen molar-refractivity contribution in [2.24, 2.45) is 0 Å². The molecule has 0 atom stereocenters. The summed E-state index contributed by atoms with van der Waals surface area (Å²) in [6, 6.07) is 8.92. The minimum Gasteiger partial charge on any atom is -0.492 e. The van der Waals surface area contributed by atoms with Gasteiger partial charge < -0.3 is 14.6 Å². The highest BCUT2D eigenvalue weighted by Gasteiger charge is 2.32. The van der Waals surface area contributed by atoms with E-state index >= 15 is 0 Å². The average molecular weight is 564 g/mol. The van der Waals surface area contributed by atoms with E-state index in [2.05, 4.69) is 10.3 Å². The van der Waals surface area contributed by atoms with Gasteiger partial charge in [0.05, 0.1) is 18.1 Å². The molecular formula is C26H27F2N3O5S2. The molecular weight excluding hydrogens is 536 g/mol. The first-order chi connectivity index (χ1) is 18.3. The zero-order chi connectivity index (χ0) is 27.1. The van der Waals surface area contributed by atoms with Crippen LogP contribution in [0.25, 0.3) is 17.2 Å². The Kier molecular flexibility index (Phi) is 9.80. The SMILES string of the molecule is O=C(O)CCCNN1C(=O)/C(=C/c2cc(-c3ccc(F)c(F)c3)ccc2OCCN2CCOCC2)SC1=S. The largest absolute Gasteiger partial charge is 0.492 e. The molecule has 202 valence electrons. The minimum atomic E-state index is -0.954. The molecule has 1 amide bonds. The summed E-state index contributed by atoms with van der Waals surface area (Å²) in [7, 11) is 0. The van der Waals surface area contributed by atoms with Gasteiger partial charge in [-0.1, -0.05) is 36.1 Å². The Morgan fingerprint density at radius 1 is 1.16 bits per heavy atom. The fourth-order valence-corrected chi connectivity index (χ4v) is 5.14. The van der Waals surface area contributed by atoms with Crippen LogP contribution in [0, 0.1) is 11.6 Å². The minimum absolute atomic E-state index is 0.0282. The Morgan fingerprint density at radius 3 is 2.63 bits per heavy atom. The molecule has 2 aromatic carbocycles. The monoisotopic (exact) mass is 563 g/mol. The normalized spacial score (nSPS) is 17.4. The fourth-order valence-electron chi connectivity index (χ4n) is 3.93. The first kappa shape index (κ1) is 28.1. The summed E-state index contributed by atoms with van der Waals surface area (Å²) in [5.41, 5.74) is 4.56. The summed E-state index contributed by atoms with van der Waals surface area (Å²) in [6.07, 6.45) is 1.97. The van der Waals surface area contributed by atoms with Crippen LogP contribution in [0.1, 0.15) is 18.4 Å². The van der Waals surface area contributed by atoms with Crippen LogP contribution in [0.15, 0.2) is 41.3 Å². The lowest BCUT2D eigenvalue weighted by atomic mass is 10.0. The van der Waals surface area contributed by atoms with E-state index in [4.69, 9.17) is 26.8 Å². The number of hydrazine groups is 1. The average Bonchev–Trinajstić information content (AvgIpc) is 3.16. The van der Waals surface area contributed by atoms with Gasteiger partial charge >= 0.3 is 5.97 Å². The predicted octanol–water partition coefficient (Wildman–Crippen LogP) is 3.91. The maximum Gasteiger partial charge on any atom is 0.303 e. The number of morpholine rings is 1.